The van der Waals surface area contributed by atoms with Gasteiger partial charge in [-0.25, -0.2) is 17.2 Å². The number of benzene rings is 1. The van der Waals surface area contributed by atoms with Gasteiger partial charge in [0.05, 0.1) is 5.75 Å². The SMILES string of the molecule is Cc1cc(F)c(C(C)NC(C)CS(C)(=O)=O)cc1F. The molecule has 0 spiro atoms. The van der Waals surface area contributed by atoms with Gasteiger partial charge in [-0.05, 0) is 38.5 Å². The van der Waals surface area contributed by atoms with Crippen LogP contribution in [0.1, 0.15) is 31.0 Å². The largest absolute Gasteiger partial charge is 0.307 e. The van der Waals surface area contributed by atoms with Crippen LogP contribution in [0.4, 0.5) is 8.78 Å². The highest BCUT2D eigenvalue weighted by Gasteiger charge is 2.17. The first-order chi connectivity index (χ1) is 8.60. The molecule has 1 N–H and O–H groups in total. The summed E-state index contributed by atoms with van der Waals surface area (Å²) in [5.41, 5.74) is 0.445. The molecular weight excluding hydrogens is 272 g/mol. The minimum atomic E-state index is -3.11. The number of halogens is 2. The first-order valence-electron chi connectivity index (χ1n) is 5.99. The lowest BCUT2D eigenvalue weighted by Gasteiger charge is -2.20. The maximum Gasteiger partial charge on any atom is 0.148 e. The molecule has 0 fully saturated rings. The highest BCUT2D eigenvalue weighted by molar-refractivity contribution is 7.90. The Balaban J connectivity index is 2.84. The number of sulfone groups is 1. The van der Waals surface area contributed by atoms with E-state index in [0.29, 0.717) is 0 Å². The molecule has 0 aromatic heterocycles. The molecule has 0 aliphatic carbocycles. The topological polar surface area (TPSA) is 46.2 Å². The van der Waals surface area contributed by atoms with Crippen molar-refractivity contribution in [3.63, 3.8) is 0 Å². The summed E-state index contributed by atoms with van der Waals surface area (Å²) in [7, 11) is -3.11. The maximum absolute atomic E-state index is 13.7. The molecule has 2 unspecified atom stereocenters. The van der Waals surface area contributed by atoms with Gasteiger partial charge in [-0.2, -0.15) is 0 Å². The molecule has 108 valence electrons. The van der Waals surface area contributed by atoms with Crippen LogP contribution in [0.3, 0.4) is 0 Å². The molecular formula is C13H19F2NO2S. The Morgan fingerprint density at radius 1 is 1.21 bits per heavy atom. The third-order valence-corrected chi connectivity index (χ3v) is 3.94. The van der Waals surface area contributed by atoms with E-state index in [1.807, 2.05) is 0 Å². The van der Waals surface area contributed by atoms with Crippen LogP contribution in [-0.4, -0.2) is 26.5 Å². The van der Waals surface area contributed by atoms with Crippen LogP contribution in [0.5, 0.6) is 0 Å². The summed E-state index contributed by atoms with van der Waals surface area (Å²) in [6.07, 6.45) is 1.14. The second-order valence-corrected chi connectivity index (χ2v) is 7.19. The number of hydrogen-bond donors (Lipinski definition) is 1. The summed E-state index contributed by atoms with van der Waals surface area (Å²) >= 11 is 0. The summed E-state index contributed by atoms with van der Waals surface area (Å²) < 4.78 is 49.5. The Labute approximate surface area is 112 Å². The molecule has 0 saturated heterocycles. The third kappa shape index (κ3) is 4.87. The highest BCUT2D eigenvalue weighted by atomic mass is 32.2. The lowest BCUT2D eigenvalue weighted by Crippen LogP contribution is -2.35. The Bertz CT molecular complexity index is 558. The average Bonchev–Trinajstić information content (AvgIpc) is 2.20. The highest BCUT2D eigenvalue weighted by Crippen LogP contribution is 2.21. The van der Waals surface area contributed by atoms with E-state index in [1.165, 1.54) is 6.92 Å². The zero-order valence-electron chi connectivity index (χ0n) is 11.5. The molecule has 2 atom stereocenters. The van der Waals surface area contributed by atoms with Crippen LogP contribution >= 0.6 is 0 Å². The Morgan fingerprint density at radius 3 is 2.32 bits per heavy atom. The van der Waals surface area contributed by atoms with Crippen molar-refractivity contribution in [1.29, 1.82) is 0 Å². The van der Waals surface area contributed by atoms with Crippen LogP contribution in [-0.2, 0) is 9.84 Å². The summed E-state index contributed by atoms with van der Waals surface area (Å²) in [6, 6.07) is 1.49. The second kappa shape index (κ2) is 5.96. The van der Waals surface area contributed by atoms with E-state index in [4.69, 9.17) is 0 Å². The number of nitrogens with one attached hydrogen (secondary N) is 1. The van der Waals surface area contributed by atoms with Gasteiger partial charge in [0.1, 0.15) is 21.5 Å². The molecule has 3 nitrogen and oxygen atoms in total. The molecule has 0 radical (unpaired) electrons. The van der Waals surface area contributed by atoms with E-state index < -0.39 is 27.5 Å². The van der Waals surface area contributed by atoms with E-state index in [2.05, 4.69) is 5.32 Å². The molecule has 0 heterocycles. The van der Waals surface area contributed by atoms with Crippen LogP contribution in [0.15, 0.2) is 12.1 Å². The molecule has 0 saturated carbocycles. The van der Waals surface area contributed by atoms with Gasteiger partial charge >= 0.3 is 0 Å². The molecule has 0 bridgehead atoms. The van der Waals surface area contributed by atoms with Gasteiger partial charge in [0.15, 0.2) is 0 Å². The first-order valence-corrected chi connectivity index (χ1v) is 8.05. The van der Waals surface area contributed by atoms with Crippen molar-refractivity contribution >= 4 is 9.84 Å². The predicted molar refractivity (Wildman–Crippen MR) is 71.8 cm³/mol. The smallest absolute Gasteiger partial charge is 0.148 e. The van der Waals surface area contributed by atoms with E-state index >= 15 is 0 Å². The van der Waals surface area contributed by atoms with Crippen LogP contribution in [0, 0.1) is 18.6 Å². The summed E-state index contributed by atoms with van der Waals surface area (Å²) in [5, 5.41) is 2.95. The summed E-state index contributed by atoms with van der Waals surface area (Å²) in [5.74, 6) is -1.01. The van der Waals surface area contributed by atoms with E-state index in [1.54, 1.807) is 13.8 Å². The van der Waals surface area contributed by atoms with E-state index in [0.717, 1.165) is 18.4 Å². The van der Waals surface area contributed by atoms with E-state index in [9.17, 15) is 17.2 Å². The maximum atomic E-state index is 13.7. The van der Waals surface area contributed by atoms with Gasteiger partial charge in [-0.15, -0.1) is 0 Å². The molecule has 0 amide bonds. The van der Waals surface area contributed by atoms with Crippen molar-refractivity contribution in [3.05, 3.63) is 34.9 Å². The third-order valence-electron chi connectivity index (χ3n) is 2.83. The molecule has 0 aliphatic heterocycles. The standard InChI is InChI=1S/C13H19F2NO2S/c1-8-5-13(15)11(6-12(8)14)10(3)16-9(2)7-19(4,17)18/h5-6,9-10,16H,7H2,1-4H3. The van der Waals surface area contributed by atoms with Crippen LogP contribution in [0.2, 0.25) is 0 Å². The van der Waals surface area contributed by atoms with Crippen LogP contribution in [0.25, 0.3) is 0 Å². The van der Waals surface area contributed by atoms with Gasteiger partial charge < -0.3 is 5.32 Å². The Hall–Kier alpha value is -1.01. The fourth-order valence-corrected chi connectivity index (χ4v) is 3.02. The Morgan fingerprint density at radius 2 is 1.79 bits per heavy atom. The minimum Gasteiger partial charge on any atom is -0.307 e. The lowest BCUT2D eigenvalue weighted by atomic mass is 10.0. The number of rotatable bonds is 5. The predicted octanol–water partition coefficient (Wildman–Crippen LogP) is 2.36. The number of aryl methyl sites for hydroxylation is 1. The molecule has 6 heteroatoms. The van der Waals surface area contributed by atoms with Gasteiger partial charge in [0.2, 0.25) is 0 Å². The molecule has 1 aromatic carbocycles. The van der Waals surface area contributed by atoms with E-state index in [-0.39, 0.29) is 22.9 Å². The quantitative estimate of drug-likeness (QED) is 0.906. The summed E-state index contributed by atoms with van der Waals surface area (Å²) in [6.45, 7) is 4.86. The van der Waals surface area contributed by atoms with Gasteiger partial charge in [-0.1, -0.05) is 0 Å². The van der Waals surface area contributed by atoms with Crippen molar-refractivity contribution in [3.8, 4) is 0 Å². The first kappa shape index (κ1) is 16.0. The van der Waals surface area contributed by atoms with Gasteiger partial charge in [-0.3, -0.25) is 0 Å². The fraction of sp³-hybridized carbons (Fsp3) is 0.538. The molecule has 0 aliphatic rings. The molecule has 1 aromatic rings. The monoisotopic (exact) mass is 291 g/mol. The van der Waals surface area contributed by atoms with Crippen molar-refractivity contribution in [2.75, 3.05) is 12.0 Å². The fourth-order valence-electron chi connectivity index (χ4n) is 2.01. The van der Waals surface area contributed by atoms with Crippen molar-refractivity contribution in [2.45, 2.75) is 32.9 Å². The number of hydrogen-bond acceptors (Lipinski definition) is 3. The van der Waals surface area contributed by atoms with Crippen molar-refractivity contribution in [2.24, 2.45) is 0 Å². The van der Waals surface area contributed by atoms with Gasteiger partial charge in [0.25, 0.3) is 0 Å². The zero-order valence-corrected chi connectivity index (χ0v) is 12.3. The van der Waals surface area contributed by atoms with Gasteiger partial charge in [0, 0.05) is 23.9 Å². The van der Waals surface area contributed by atoms with Crippen molar-refractivity contribution in [1.82, 2.24) is 5.32 Å². The second-order valence-electron chi connectivity index (χ2n) is 5.00. The average molecular weight is 291 g/mol. The normalized spacial score (nSPS) is 15.3. The van der Waals surface area contributed by atoms with Crippen molar-refractivity contribution < 1.29 is 17.2 Å². The Kier molecular flexibility index (Phi) is 5.04. The lowest BCUT2D eigenvalue weighted by molar-refractivity contribution is 0.475. The minimum absolute atomic E-state index is 0.0483. The summed E-state index contributed by atoms with van der Waals surface area (Å²) in [4.78, 5) is 0. The molecule has 19 heavy (non-hydrogen) atoms. The van der Waals surface area contributed by atoms with Crippen LogP contribution < -0.4 is 5.32 Å². The zero-order chi connectivity index (χ0) is 14.8. The molecule has 1 rings (SSSR count).